The number of nitro groups is 1. The van der Waals surface area contributed by atoms with Crippen molar-refractivity contribution in [3.8, 4) is 11.4 Å². The Hall–Kier alpha value is -1.96. The van der Waals surface area contributed by atoms with Gasteiger partial charge in [-0.1, -0.05) is 0 Å². The van der Waals surface area contributed by atoms with Crippen LogP contribution in [0.25, 0.3) is 5.69 Å². The number of benzene rings is 1. The highest BCUT2D eigenvalue weighted by Crippen LogP contribution is 2.31. The van der Waals surface area contributed by atoms with Gasteiger partial charge in [-0.3, -0.25) is 10.1 Å². The molecule has 0 aliphatic carbocycles. The predicted octanol–water partition coefficient (Wildman–Crippen LogP) is 2.69. The molecule has 94 valence electrons. The number of ether oxygens (including phenoxy) is 1. The van der Waals surface area contributed by atoms with Crippen LogP contribution in [0.3, 0.4) is 0 Å². The number of methoxy groups -OCH3 is 1. The first-order chi connectivity index (χ1) is 8.52. The summed E-state index contributed by atoms with van der Waals surface area (Å²) in [5.41, 5.74) is -0.354. The molecule has 1 aromatic carbocycles. The second kappa shape index (κ2) is 4.73. The number of hydrogen-bond donors (Lipinski definition) is 0. The summed E-state index contributed by atoms with van der Waals surface area (Å²) in [5.74, 6) is -0.777. The van der Waals surface area contributed by atoms with Crippen LogP contribution < -0.4 is 4.74 Å². The van der Waals surface area contributed by atoms with Crippen molar-refractivity contribution in [1.29, 1.82) is 0 Å². The Morgan fingerprint density at radius 1 is 1.56 bits per heavy atom. The van der Waals surface area contributed by atoms with Gasteiger partial charge in [0.2, 0.25) is 0 Å². The summed E-state index contributed by atoms with van der Waals surface area (Å²) in [7, 11) is 1.28. The van der Waals surface area contributed by atoms with Gasteiger partial charge < -0.3 is 4.74 Å². The molecule has 0 spiro atoms. The zero-order valence-electron chi connectivity index (χ0n) is 9.13. The number of halogens is 2. The zero-order valence-corrected chi connectivity index (χ0v) is 10.7. The molecule has 1 heterocycles. The third-order valence-electron chi connectivity index (χ3n) is 2.24. The van der Waals surface area contributed by atoms with Crippen molar-refractivity contribution in [2.24, 2.45) is 0 Å². The van der Waals surface area contributed by atoms with E-state index in [1.165, 1.54) is 30.3 Å². The fraction of sp³-hybridized carbons (Fsp3) is 0.100. The highest BCUT2D eigenvalue weighted by atomic mass is 79.9. The summed E-state index contributed by atoms with van der Waals surface area (Å²) >= 11 is 3.18. The normalized spacial score (nSPS) is 10.4. The molecule has 0 aliphatic rings. The Morgan fingerprint density at radius 3 is 2.78 bits per heavy atom. The van der Waals surface area contributed by atoms with Crippen LogP contribution in [0.1, 0.15) is 0 Å². The lowest BCUT2D eigenvalue weighted by molar-refractivity contribution is -0.385. The maximum Gasteiger partial charge on any atom is 0.313 e. The van der Waals surface area contributed by atoms with Gasteiger partial charge in [0, 0.05) is 12.3 Å². The number of nitrogens with zero attached hydrogens (tertiary/aromatic N) is 3. The summed E-state index contributed by atoms with van der Waals surface area (Å²) in [5, 5.41) is 14.6. The maximum absolute atomic E-state index is 13.8. The van der Waals surface area contributed by atoms with Crippen molar-refractivity contribution < 1.29 is 14.1 Å². The molecule has 0 N–H and O–H groups in total. The molecule has 2 rings (SSSR count). The fourth-order valence-electron chi connectivity index (χ4n) is 1.45. The fourth-order valence-corrected chi connectivity index (χ4v) is 1.73. The zero-order chi connectivity index (χ0) is 13.3. The van der Waals surface area contributed by atoms with E-state index in [1.807, 2.05) is 0 Å². The monoisotopic (exact) mass is 315 g/mol. The standard InChI is InChI=1S/C10H7BrFN3O3/c1-18-10-3-8(14-5-6(11)4-13-14)7(12)2-9(10)15(16)17/h2-5H,1H3. The van der Waals surface area contributed by atoms with E-state index in [9.17, 15) is 14.5 Å². The van der Waals surface area contributed by atoms with Gasteiger partial charge in [0.05, 0.1) is 28.8 Å². The second-order valence-electron chi connectivity index (χ2n) is 3.34. The number of nitro benzene ring substituents is 1. The van der Waals surface area contributed by atoms with Crippen molar-refractivity contribution in [3.63, 3.8) is 0 Å². The van der Waals surface area contributed by atoms with Crippen LogP contribution in [0.5, 0.6) is 5.75 Å². The van der Waals surface area contributed by atoms with Crippen LogP contribution in [0, 0.1) is 15.9 Å². The van der Waals surface area contributed by atoms with E-state index < -0.39 is 16.4 Å². The van der Waals surface area contributed by atoms with Crippen LogP contribution in [-0.4, -0.2) is 21.8 Å². The highest BCUT2D eigenvalue weighted by molar-refractivity contribution is 9.10. The minimum Gasteiger partial charge on any atom is -0.490 e. The molecule has 0 atom stereocenters. The first kappa shape index (κ1) is 12.5. The van der Waals surface area contributed by atoms with E-state index in [1.54, 1.807) is 0 Å². The SMILES string of the molecule is COc1cc(-n2cc(Br)cn2)c(F)cc1[N+](=O)[O-]. The smallest absolute Gasteiger partial charge is 0.313 e. The quantitative estimate of drug-likeness (QED) is 0.645. The summed E-state index contributed by atoms with van der Waals surface area (Å²) in [6.45, 7) is 0. The second-order valence-corrected chi connectivity index (χ2v) is 4.25. The van der Waals surface area contributed by atoms with E-state index in [2.05, 4.69) is 21.0 Å². The average molecular weight is 316 g/mol. The van der Waals surface area contributed by atoms with Gasteiger partial charge in [-0.15, -0.1) is 0 Å². The predicted molar refractivity (Wildman–Crippen MR) is 64.4 cm³/mol. The van der Waals surface area contributed by atoms with E-state index in [0.29, 0.717) is 4.47 Å². The number of aromatic nitrogens is 2. The number of hydrogen-bond acceptors (Lipinski definition) is 4. The van der Waals surface area contributed by atoms with E-state index >= 15 is 0 Å². The van der Waals surface area contributed by atoms with E-state index in [-0.39, 0.29) is 11.4 Å². The van der Waals surface area contributed by atoms with Gasteiger partial charge in [-0.05, 0) is 15.9 Å². The van der Waals surface area contributed by atoms with Gasteiger partial charge in [-0.25, -0.2) is 9.07 Å². The van der Waals surface area contributed by atoms with Gasteiger partial charge in [0.25, 0.3) is 0 Å². The maximum atomic E-state index is 13.8. The van der Waals surface area contributed by atoms with Crippen LogP contribution in [0.2, 0.25) is 0 Å². The van der Waals surface area contributed by atoms with Crippen molar-refractivity contribution in [2.45, 2.75) is 0 Å². The Balaban J connectivity index is 2.60. The van der Waals surface area contributed by atoms with Gasteiger partial charge in [0.15, 0.2) is 11.6 Å². The van der Waals surface area contributed by atoms with Crippen LogP contribution in [0.4, 0.5) is 10.1 Å². The summed E-state index contributed by atoms with van der Waals surface area (Å²) < 4.78 is 20.6. The molecule has 0 unspecified atom stereocenters. The van der Waals surface area contributed by atoms with Crippen molar-refractivity contribution >= 4 is 21.6 Å². The molecule has 0 saturated carbocycles. The Labute approximate surface area is 109 Å². The van der Waals surface area contributed by atoms with Crippen molar-refractivity contribution in [2.75, 3.05) is 7.11 Å². The average Bonchev–Trinajstić information content (AvgIpc) is 2.75. The lowest BCUT2D eigenvalue weighted by Crippen LogP contribution is -2.02. The molecule has 0 fully saturated rings. The first-order valence-electron chi connectivity index (χ1n) is 4.75. The van der Waals surface area contributed by atoms with Crippen LogP contribution >= 0.6 is 15.9 Å². The molecule has 0 aliphatic heterocycles. The lowest BCUT2D eigenvalue weighted by atomic mass is 10.2. The summed E-state index contributed by atoms with van der Waals surface area (Å²) in [6, 6.07) is 2.04. The molecular formula is C10H7BrFN3O3. The van der Waals surface area contributed by atoms with E-state index in [4.69, 9.17) is 4.74 Å². The molecule has 0 saturated heterocycles. The molecule has 8 heteroatoms. The Bertz CT molecular complexity index is 614. The van der Waals surface area contributed by atoms with Crippen LogP contribution in [-0.2, 0) is 0 Å². The summed E-state index contributed by atoms with van der Waals surface area (Å²) in [6.07, 6.45) is 3.01. The third kappa shape index (κ3) is 2.19. The molecule has 0 bridgehead atoms. The van der Waals surface area contributed by atoms with Gasteiger partial charge >= 0.3 is 5.69 Å². The van der Waals surface area contributed by atoms with E-state index in [0.717, 1.165) is 6.07 Å². The highest BCUT2D eigenvalue weighted by Gasteiger charge is 2.20. The van der Waals surface area contributed by atoms with Gasteiger partial charge in [-0.2, -0.15) is 5.10 Å². The molecule has 1 aromatic heterocycles. The first-order valence-corrected chi connectivity index (χ1v) is 5.54. The Morgan fingerprint density at radius 2 is 2.28 bits per heavy atom. The third-order valence-corrected chi connectivity index (χ3v) is 2.65. The summed E-state index contributed by atoms with van der Waals surface area (Å²) in [4.78, 5) is 10.0. The minimum absolute atomic E-state index is 0.0250. The Kier molecular flexibility index (Phi) is 3.28. The molecule has 18 heavy (non-hydrogen) atoms. The van der Waals surface area contributed by atoms with Crippen molar-refractivity contribution in [3.05, 3.63) is 44.9 Å². The van der Waals surface area contributed by atoms with Gasteiger partial charge in [0.1, 0.15) is 5.69 Å². The molecule has 2 aromatic rings. The number of rotatable bonds is 3. The largest absolute Gasteiger partial charge is 0.490 e. The topological polar surface area (TPSA) is 70.2 Å². The minimum atomic E-state index is -0.752. The molecule has 0 radical (unpaired) electrons. The molecule has 6 nitrogen and oxygen atoms in total. The lowest BCUT2D eigenvalue weighted by Gasteiger charge is -2.06. The van der Waals surface area contributed by atoms with Crippen molar-refractivity contribution in [1.82, 2.24) is 9.78 Å². The molecular weight excluding hydrogens is 309 g/mol. The molecule has 0 amide bonds. The van der Waals surface area contributed by atoms with Crippen LogP contribution in [0.15, 0.2) is 29.0 Å².